The monoisotopic (exact) mass is 352 g/mol. The number of esters is 1. The van der Waals surface area contributed by atoms with Gasteiger partial charge in [0.15, 0.2) is 6.61 Å². The van der Waals surface area contributed by atoms with Crippen LogP contribution in [-0.4, -0.2) is 23.5 Å². The third kappa shape index (κ3) is 4.43. The Labute approximate surface area is 143 Å². The number of ether oxygens (including phenoxy) is 1. The Morgan fingerprint density at radius 3 is 2.57 bits per heavy atom. The van der Waals surface area contributed by atoms with Gasteiger partial charge in [-0.15, -0.1) is 0 Å². The molecule has 2 rings (SSSR count). The van der Waals surface area contributed by atoms with E-state index in [0.29, 0.717) is 22.0 Å². The Bertz CT molecular complexity index is 740. The zero-order valence-corrected chi connectivity index (χ0v) is 14.0. The molecular formula is C16H14Cl2N2O3. The van der Waals surface area contributed by atoms with Gasteiger partial charge in [0, 0.05) is 5.69 Å². The number of benzene rings is 1. The summed E-state index contributed by atoms with van der Waals surface area (Å²) in [6, 6.07) is 8.48. The minimum absolute atomic E-state index is 0.0546. The maximum atomic E-state index is 12.1. The van der Waals surface area contributed by atoms with Gasteiger partial charge < -0.3 is 10.1 Å². The highest BCUT2D eigenvalue weighted by atomic mass is 35.5. The largest absolute Gasteiger partial charge is 0.452 e. The number of nitrogens with zero attached hydrogens (tertiary/aromatic N) is 1. The zero-order chi connectivity index (χ0) is 17.0. The van der Waals surface area contributed by atoms with E-state index >= 15 is 0 Å². The minimum atomic E-state index is -0.700. The first-order valence-electron chi connectivity index (χ1n) is 6.73. The Hall–Kier alpha value is -2.11. The maximum Gasteiger partial charge on any atom is 0.342 e. The molecule has 0 aliphatic heterocycles. The molecule has 1 N–H and O–H groups in total. The Morgan fingerprint density at radius 2 is 1.91 bits per heavy atom. The minimum Gasteiger partial charge on any atom is -0.452 e. The molecule has 120 valence electrons. The molecule has 0 atom stereocenters. The van der Waals surface area contributed by atoms with Crippen molar-refractivity contribution in [1.29, 1.82) is 0 Å². The van der Waals surface area contributed by atoms with Gasteiger partial charge in [0.1, 0.15) is 5.15 Å². The molecule has 0 saturated heterocycles. The molecule has 2 aromatic rings. The number of para-hydroxylation sites is 1. The predicted octanol–water partition coefficient (Wildman–Crippen LogP) is 3.80. The van der Waals surface area contributed by atoms with Crippen LogP contribution in [0.25, 0.3) is 0 Å². The second-order valence-corrected chi connectivity index (χ2v) is 5.62. The predicted molar refractivity (Wildman–Crippen MR) is 89.1 cm³/mol. The number of amides is 1. The summed E-state index contributed by atoms with van der Waals surface area (Å²) in [7, 11) is 0. The van der Waals surface area contributed by atoms with Crippen LogP contribution in [0.4, 0.5) is 5.69 Å². The summed E-state index contributed by atoms with van der Waals surface area (Å²) >= 11 is 11.9. The lowest BCUT2D eigenvalue weighted by Crippen LogP contribution is -2.21. The molecule has 0 fully saturated rings. The molecule has 1 aromatic carbocycles. The second kappa shape index (κ2) is 7.44. The third-order valence-corrected chi connectivity index (χ3v) is 3.59. The molecular weight excluding hydrogens is 339 g/mol. The number of anilines is 1. The molecule has 1 heterocycles. The van der Waals surface area contributed by atoms with Gasteiger partial charge in [-0.3, -0.25) is 4.79 Å². The number of pyridine rings is 1. The van der Waals surface area contributed by atoms with Crippen LogP contribution < -0.4 is 5.32 Å². The molecule has 23 heavy (non-hydrogen) atoms. The van der Waals surface area contributed by atoms with E-state index in [1.54, 1.807) is 44.2 Å². The van der Waals surface area contributed by atoms with Gasteiger partial charge in [-0.25, -0.2) is 9.78 Å². The molecule has 0 unspecified atom stereocenters. The summed E-state index contributed by atoms with van der Waals surface area (Å²) < 4.78 is 4.98. The van der Waals surface area contributed by atoms with E-state index in [-0.39, 0.29) is 10.7 Å². The first-order chi connectivity index (χ1) is 10.9. The number of carbonyl (C=O) groups excluding carboxylic acids is 2. The van der Waals surface area contributed by atoms with Crippen LogP contribution in [0.3, 0.4) is 0 Å². The van der Waals surface area contributed by atoms with E-state index in [4.69, 9.17) is 27.9 Å². The molecule has 0 radical (unpaired) electrons. The van der Waals surface area contributed by atoms with E-state index in [1.165, 1.54) is 0 Å². The van der Waals surface area contributed by atoms with Crippen molar-refractivity contribution in [2.45, 2.75) is 13.8 Å². The average molecular weight is 353 g/mol. The lowest BCUT2D eigenvalue weighted by atomic mass is 10.1. The number of rotatable bonds is 4. The van der Waals surface area contributed by atoms with Gasteiger partial charge >= 0.3 is 5.97 Å². The van der Waals surface area contributed by atoms with Crippen LogP contribution >= 0.6 is 23.2 Å². The van der Waals surface area contributed by atoms with Crippen LogP contribution in [0.1, 0.15) is 21.6 Å². The number of halogens is 2. The number of hydrogen-bond donors (Lipinski definition) is 1. The van der Waals surface area contributed by atoms with Crippen LogP contribution in [0.15, 0.2) is 30.3 Å². The van der Waals surface area contributed by atoms with Crippen molar-refractivity contribution in [3.8, 4) is 0 Å². The van der Waals surface area contributed by atoms with Crippen molar-refractivity contribution < 1.29 is 14.3 Å². The Balaban J connectivity index is 2.00. The molecule has 1 aromatic heterocycles. The van der Waals surface area contributed by atoms with Crippen molar-refractivity contribution in [3.05, 3.63) is 57.3 Å². The molecule has 5 nitrogen and oxygen atoms in total. The maximum absolute atomic E-state index is 12.1. The number of aromatic nitrogens is 1. The molecule has 7 heteroatoms. The SMILES string of the molecule is Cc1cc(C)c(C(=O)OCC(=O)Nc2ccccc2Cl)c(Cl)n1. The summed E-state index contributed by atoms with van der Waals surface area (Å²) in [6.07, 6.45) is 0. The zero-order valence-electron chi connectivity index (χ0n) is 12.5. The van der Waals surface area contributed by atoms with Crippen molar-refractivity contribution in [3.63, 3.8) is 0 Å². The summed E-state index contributed by atoms with van der Waals surface area (Å²) in [6.45, 7) is 3.04. The van der Waals surface area contributed by atoms with Gasteiger partial charge in [-0.05, 0) is 37.6 Å². The third-order valence-electron chi connectivity index (χ3n) is 2.99. The summed E-state index contributed by atoms with van der Waals surface area (Å²) in [5.41, 5.74) is 1.93. The molecule has 0 aliphatic rings. The number of hydrogen-bond acceptors (Lipinski definition) is 4. The molecule has 0 spiro atoms. The van der Waals surface area contributed by atoms with Crippen LogP contribution in [0.5, 0.6) is 0 Å². The second-order valence-electron chi connectivity index (χ2n) is 4.85. The van der Waals surface area contributed by atoms with Crippen LogP contribution in [-0.2, 0) is 9.53 Å². The summed E-state index contributed by atoms with van der Waals surface area (Å²) in [5, 5.41) is 3.01. The average Bonchev–Trinajstić information content (AvgIpc) is 2.46. The Morgan fingerprint density at radius 1 is 1.22 bits per heavy atom. The summed E-state index contributed by atoms with van der Waals surface area (Å²) in [5.74, 6) is -1.20. The van der Waals surface area contributed by atoms with E-state index in [1.807, 2.05) is 0 Å². The highest BCUT2D eigenvalue weighted by Gasteiger charge is 2.18. The number of carbonyl (C=O) groups is 2. The molecule has 0 saturated carbocycles. The van der Waals surface area contributed by atoms with Crippen molar-refractivity contribution in [1.82, 2.24) is 4.98 Å². The fourth-order valence-corrected chi connectivity index (χ4v) is 2.53. The van der Waals surface area contributed by atoms with E-state index < -0.39 is 18.5 Å². The fraction of sp³-hybridized carbons (Fsp3) is 0.188. The van der Waals surface area contributed by atoms with Crippen LogP contribution in [0.2, 0.25) is 10.2 Å². The van der Waals surface area contributed by atoms with Crippen molar-refractivity contribution in [2.75, 3.05) is 11.9 Å². The summed E-state index contributed by atoms with van der Waals surface area (Å²) in [4.78, 5) is 27.9. The number of aryl methyl sites for hydroxylation is 2. The quantitative estimate of drug-likeness (QED) is 0.671. The standard InChI is InChI=1S/C16H14Cl2N2O3/c1-9-7-10(2)19-15(18)14(9)16(22)23-8-13(21)20-12-6-4-3-5-11(12)17/h3-7H,8H2,1-2H3,(H,20,21). The normalized spacial score (nSPS) is 10.3. The van der Waals surface area contributed by atoms with Gasteiger partial charge in [0.2, 0.25) is 0 Å². The van der Waals surface area contributed by atoms with E-state index in [2.05, 4.69) is 10.3 Å². The fourth-order valence-electron chi connectivity index (χ4n) is 1.99. The highest BCUT2D eigenvalue weighted by molar-refractivity contribution is 6.33. The molecule has 1 amide bonds. The van der Waals surface area contributed by atoms with Gasteiger partial charge in [-0.1, -0.05) is 35.3 Å². The molecule has 0 aliphatic carbocycles. The van der Waals surface area contributed by atoms with E-state index in [0.717, 1.165) is 0 Å². The smallest absolute Gasteiger partial charge is 0.342 e. The number of nitrogens with one attached hydrogen (secondary N) is 1. The topological polar surface area (TPSA) is 68.3 Å². The lowest BCUT2D eigenvalue weighted by molar-refractivity contribution is -0.119. The van der Waals surface area contributed by atoms with E-state index in [9.17, 15) is 9.59 Å². The van der Waals surface area contributed by atoms with Gasteiger partial charge in [-0.2, -0.15) is 0 Å². The van der Waals surface area contributed by atoms with Gasteiger partial charge in [0.25, 0.3) is 5.91 Å². The van der Waals surface area contributed by atoms with Gasteiger partial charge in [0.05, 0.1) is 16.3 Å². The first kappa shape index (κ1) is 17.2. The van der Waals surface area contributed by atoms with Crippen molar-refractivity contribution in [2.24, 2.45) is 0 Å². The van der Waals surface area contributed by atoms with Crippen LogP contribution in [0, 0.1) is 13.8 Å². The molecule has 0 bridgehead atoms. The first-order valence-corrected chi connectivity index (χ1v) is 7.49. The van der Waals surface area contributed by atoms with Crippen molar-refractivity contribution >= 4 is 40.8 Å². The Kier molecular flexibility index (Phi) is 5.58. The lowest BCUT2D eigenvalue weighted by Gasteiger charge is -2.10. The highest BCUT2D eigenvalue weighted by Crippen LogP contribution is 2.21.